The fourth-order valence-electron chi connectivity index (χ4n) is 2.11. The first-order valence-electron chi connectivity index (χ1n) is 6.37. The predicted molar refractivity (Wildman–Crippen MR) is 74.0 cm³/mol. The lowest BCUT2D eigenvalue weighted by Crippen LogP contribution is -2.31. The summed E-state index contributed by atoms with van der Waals surface area (Å²) in [5.74, 6) is -0.518. The van der Waals surface area contributed by atoms with E-state index < -0.39 is 16.9 Å². The Morgan fingerprint density at radius 1 is 1.38 bits per heavy atom. The third-order valence-corrected chi connectivity index (χ3v) is 3.37. The van der Waals surface area contributed by atoms with Crippen molar-refractivity contribution in [1.29, 1.82) is 0 Å². The monoisotopic (exact) mass is 296 g/mol. The Balaban J connectivity index is 2.40. The van der Waals surface area contributed by atoms with Gasteiger partial charge in [-0.25, -0.2) is 4.79 Å². The third-order valence-electron chi connectivity index (χ3n) is 3.37. The van der Waals surface area contributed by atoms with E-state index in [1.54, 1.807) is 0 Å². The van der Waals surface area contributed by atoms with E-state index in [1.165, 1.54) is 26.4 Å². The summed E-state index contributed by atoms with van der Waals surface area (Å²) >= 11 is 0. The molecule has 0 bridgehead atoms. The number of carboxylic acids is 1. The van der Waals surface area contributed by atoms with Gasteiger partial charge in [0, 0.05) is 6.07 Å². The Morgan fingerprint density at radius 2 is 1.95 bits per heavy atom. The van der Waals surface area contributed by atoms with Gasteiger partial charge in [0.25, 0.3) is 5.69 Å². The first kappa shape index (κ1) is 14.9. The van der Waals surface area contributed by atoms with Gasteiger partial charge < -0.3 is 19.9 Å². The van der Waals surface area contributed by atoms with Gasteiger partial charge in [0.05, 0.1) is 25.2 Å². The molecule has 2 N–H and O–H groups in total. The second-order valence-corrected chi connectivity index (χ2v) is 4.78. The SMILES string of the molecule is COc1cc(NC(C(=O)O)C2CC2)c([N+](=O)[O-])cc1OC. The molecule has 1 aliphatic rings. The zero-order valence-corrected chi connectivity index (χ0v) is 11.7. The molecule has 1 atom stereocenters. The Labute approximate surface area is 120 Å². The number of nitrogens with one attached hydrogen (secondary N) is 1. The lowest BCUT2D eigenvalue weighted by Gasteiger charge is -2.16. The molecule has 1 unspecified atom stereocenters. The van der Waals surface area contributed by atoms with E-state index in [2.05, 4.69) is 5.32 Å². The van der Waals surface area contributed by atoms with Crippen LogP contribution in [0.15, 0.2) is 12.1 Å². The molecule has 0 amide bonds. The largest absolute Gasteiger partial charge is 0.493 e. The molecule has 0 aliphatic heterocycles. The molecule has 0 heterocycles. The summed E-state index contributed by atoms with van der Waals surface area (Å²) in [7, 11) is 2.78. The lowest BCUT2D eigenvalue weighted by atomic mass is 10.1. The number of aliphatic carboxylic acids is 1. The Hall–Kier alpha value is -2.51. The van der Waals surface area contributed by atoms with Crippen molar-refractivity contribution in [1.82, 2.24) is 0 Å². The van der Waals surface area contributed by atoms with Crippen molar-refractivity contribution in [3.8, 4) is 11.5 Å². The number of carbonyl (C=O) groups is 1. The standard InChI is InChI=1S/C13H16N2O6/c1-20-10-5-8(9(15(18)19)6-11(10)21-2)14-12(13(16)17)7-3-4-7/h5-7,12,14H,3-4H2,1-2H3,(H,16,17). The van der Waals surface area contributed by atoms with Gasteiger partial charge in [-0.3, -0.25) is 10.1 Å². The molecule has 0 radical (unpaired) electrons. The number of nitro groups is 1. The van der Waals surface area contributed by atoms with Crippen LogP contribution < -0.4 is 14.8 Å². The van der Waals surface area contributed by atoms with Gasteiger partial charge in [-0.05, 0) is 18.8 Å². The zero-order chi connectivity index (χ0) is 15.6. The van der Waals surface area contributed by atoms with Crippen LogP contribution in [-0.2, 0) is 4.79 Å². The maximum Gasteiger partial charge on any atom is 0.326 e. The van der Waals surface area contributed by atoms with E-state index in [0.717, 1.165) is 12.8 Å². The van der Waals surface area contributed by atoms with Crippen LogP contribution in [0, 0.1) is 16.0 Å². The number of nitro benzene ring substituents is 1. The highest BCUT2D eigenvalue weighted by Gasteiger charge is 2.37. The highest BCUT2D eigenvalue weighted by atomic mass is 16.6. The van der Waals surface area contributed by atoms with Gasteiger partial charge in [-0.1, -0.05) is 0 Å². The van der Waals surface area contributed by atoms with Crippen molar-refractivity contribution >= 4 is 17.3 Å². The van der Waals surface area contributed by atoms with Crippen molar-refractivity contribution in [2.45, 2.75) is 18.9 Å². The molecule has 1 aromatic rings. The van der Waals surface area contributed by atoms with Crippen molar-refractivity contribution in [3.63, 3.8) is 0 Å². The Kier molecular flexibility index (Phi) is 4.15. The second-order valence-electron chi connectivity index (χ2n) is 4.78. The molecule has 1 saturated carbocycles. The van der Waals surface area contributed by atoms with E-state index in [0.29, 0.717) is 5.75 Å². The Bertz CT molecular complexity index is 570. The topological polar surface area (TPSA) is 111 Å². The van der Waals surface area contributed by atoms with E-state index >= 15 is 0 Å². The minimum absolute atomic E-state index is 0.00444. The van der Waals surface area contributed by atoms with Crippen LogP contribution >= 0.6 is 0 Å². The molecule has 21 heavy (non-hydrogen) atoms. The molecule has 114 valence electrons. The summed E-state index contributed by atoms with van der Waals surface area (Å²) in [5, 5.41) is 23.1. The predicted octanol–water partition coefficient (Wildman–Crippen LogP) is 1.89. The molecular formula is C13H16N2O6. The molecule has 8 nitrogen and oxygen atoms in total. The summed E-state index contributed by atoms with van der Waals surface area (Å²) in [5.41, 5.74) is -0.142. The highest BCUT2D eigenvalue weighted by Crippen LogP contribution is 2.40. The van der Waals surface area contributed by atoms with Gasteiger partial charge in [0.15, 0.2) is 11.5 Å². The molecule has 0 aromatic heterocycles. The molecule has 8 heteroatoms. The van der Waals surface area contributed by atoms with Crippen molar-refractivity contribution in [2.24, 2.45) is 5.92 Å². The quantitative estimate of drug-likeness (QED) is 0.583. The maximum absolute atomic E-state index is 11.3. The summed E-state index contributed by atoms with van der Waals surface area (Å²) < 4.78 is 10.1. The van der Waals surface area contributed by atoms with Crippen LogP contribution in [0.1, 0.15) is 12.8 Å². The van der Waals surface area contributed by atoms with Gasteiger partial charge in [-0.15, -0.1) is 0 Å². The van der Waals surface area contributed by atoms with Gasteiger partial charge in [0.2, 0.25) is 0 Å². The number of nitrogens with zero attached hydrogens (tertiary/aromatic N) is 1. The lowest BCUT2D eigenvalue weighted by molar-refractivity contribution is -0.384. The van der Waals surface area contributed by atoms with Crippen LogP contribution in [0.3, 0.4) is 0 Å². The maximum atomic E-state index is 11.3. The van der Waals surface area contributed by atoms with Gasteiger partial charge in [-0.2, -0.15) is 0 Å². The van der Waals surface area contributed by atoms with Crippen molar-refractivity contribution < 1.29 is 24.3 Å². The van der Waals surface area contributed by atoms with Crippen molar-refractivity contribution in [3.05, 3.63) is 22.2 Å². The number of hydrogen-bond donors (Lipinski definition) is 2. The van der Waals surface area contributed by atoms with E-state index in [9.17, 15) is 20.0 Å². The van der Waals surface area contributed by atoms with Crippen LogP contribution in [0.2, 0.25) is 0 Å². The number of methoxy groups -OCH3 is 2. The summed E-state index contributed by atoms with van der Waals surface area (Å²) in [6, 6.07) is 1.75. The van der Waals surface area contributed by atoms with Crippen LogP contribution in [0.25, 0.3) is 0 Å². The van der Waals surface area contributed by atoms with Crippen LogP contribution in [0.4, 0.5) is 11.4 Å². The van der Waals surface area contributed by atoms with Gasteiger partial charge >= 0.3 is 5.97 Å². The third kappa shape index (κ3) is 3.15. The smallest absolute Gasteiger partial charge is 0.326 e. The molecule has 0 spiro atoms. The fourth-order valence-corrected chi connectivity index (χ4v) is 2.11. The Morgan fingerprint density at radius 3 is 2.38 bits per heavy atom. The summed E-state index contributed by atoms with van der Waals surface area (Å²) in [6.45, 7) is 0. The highest BCUT2D eigenvalue weighted by molar-refractivity contribution is 5.80. The average Bonchev–Trinajstić information content (AvgIpc) is 3.27. The normalized spacial score (nSPS) is 15.1. The average molecular weight is 296 g/mol. The van der Waals surface area contributed by atoms with Gasteiger partial charge in [0.1, 0.15) is 11.7 Å². The minimum Gasteiger partial charge on any atom is -0.493 e. The van der Waals surface area contributed by atoms with Crippen LogP contribution in [0.5, 0.6) is 11.5 Å². The van der Waals surface area contributed by atoms with E-state index in [1.807, 2.05) is 0 Å². The summed E-state index contributed by atoms with van der Waals surface area (Å²) in [6.07, 6.45) is 1.59. The number of ether oxygens (including phenoxy) is 2. The molecule has 0 saturated heterocycles. The number of anilines is 1. The number of rotatable bonds is 7. The molecule has 1 fully saturated rings. The fraction of sp³-hybridized carbons (Fsp3) is 0.462. The van der Waals surface area contributed by atoms with E-state index in [4.69, 9.17) is 9.47 Å². The molecule has 1 aliphatic carbocycles. The van der Waals surface area contributed by atoms with E-state index in [-0.39, 0.29) is 23.0 Å². The second kappa shape index (κ2) is 5.86. The number of hydrogen-bond acceptors (Lipinski definition) is 6. The number of benzene rings is 1. The van der Waals surface area contributed by atoms with Crippen LogP contribution in [-0.4, -0.2) is 36.3 Å². The molecule has 2 rings (SSSR count). The zero-order valence-electron chi connectivity index (χ0n) is 11.7. The first-order chi connectivity index (χ1) is 9.97. The molecule has 1 aromatic carbocycles. The minimum atomic E-state index is -1.03. The number of carboxylic acid groups (broad SMARTS) is 1. The van der Waals surface area contributed by atoms with Crippen molar-refractivity contribution in [2.75, 3.05) is 19.5 Å². The summed E-state index contributed by atoms with van der Waals surface area (Å²) in [4.78, 5) is 21.8. The first-order valence-corrected chi connectivity index (χ1v) is 6.37. The molecular weight excluding hydrogens is 280 g/mol.